The van der Waals surface area contributed by atoms with E-state index in [1.165, 1.54) is 12.8 Å². The Balaban J connectivity index is 0.000000720. The van der Waals surface area contributed by atoms with Gasteiger partial charge in [-0.15, -0.1) is 24.8 Å². The molecule has 1 atom stereocenters. The molecule has 0 radical (unpaired) electrons. The topological polar surface area (TPSA) is 47.3 Å². The lowest BCUT2D eigenvalue weighted by Crippen LogP contribution is -2.47. The number of piperidine rings is 1. The van der Waals surface area contributed by atoms with Gasteiger partial charge in [0.05, 0.1) is 13.2 Å². The van der Waals surface area contributed by atoms with Gasteiger partial charge in [0.15, 0.2) is 0 Å². The van der Waals surface area contributed by atoms with Crippen molar-refractivity contribution < 1.29 is 4.74 Å². The second-order valence-electron chi connectivity index (χ2n) is 3.73. The Hall–Kier alpha value is 0.460. The monoisotopic (exact) mass is 228 g/mol. The largest absolute Gasteiger partial charge is 0.379 e. The second-order valence-corrected chi connectivity index (χ2v) is 3.73. The van der Waals surface area contributed by atoms with E-state index in [2.05, 4.69) is 5.32 Å². The molecule has 5 heteroatoms. The molecular formula is C8H18Cl2N2O. The molecule has 80 valence electrons. The zero-order chi connectivity index (χ0) is 7.73. The Morgan fingerprint density at radius 3 is 2.31 bits per heavy atom. The molecule has 2 rings (SSSR count). The molecule has 2 aliphatic heterocycles. The van der Waals surface area contributed by atoms with Crippen LogP contribution in [0.3, 0.4) is 0 Å². The highest BCUT2D eigenvalue weighted by Gasteiger charge is 2.42. The normalized spacial score (nSPS) is 30.7. The first-order valence-corrected chi connectivity index (χ1v) is 4.38. The molecule has 0 bridgehead atoms. The van der Waals surface area contributed by atoms with Crippen molar-refractivity contribution in [3.63, 3.8) is 0 Å². The minimum absolute atomic E-state index is 0. The first kappa shape index (κ1) is 13.5. The van der Waals surface area contributed by atoms with Gasteiger partial charge in [-0.1, -0.05) is 0 Å². The fourth-order valence-corrected chi connectivity index (χ4v) is 2.11. The summed E-state index contributed by atoms with van der Waals surface area (Å²) in [6, 6.07) is 0.282. The second kappa shape index (κ2) is 5.37. The highest BCUT2D eigenvalue weighted by molar-refractivity contribution is 5.85. The van der Waals surface area contributed by atoms with Crippen molar-refractivity contribution in [3.05, 3.63) is 0 Å². The SMILES string of the molecule is Cl.Cl.N[C@H]1COCC12CCNCC2. The van der Waals surface area contributed by atoms with Crippen molar-refractivity contribution in [3.8, 4) is 0 Å². The average molecular weight is 229 g/mol. The first-order chi connectivity index (χ1) is 5.33. The summed E-state index contributed by atoms with van der Waals surface area (Å²) < 4.78 is 5.40. The van der Waals surface area contributed by atoms with Crippen molar-refractivity contribution in [1.82, 2.24) is 5.32 Å². The molecule has 2 saturated heterocycles. The molecule has 0 aromatic heterocycles. The maximum atomic E-state index is 5.99. The summed E-state index contributed by atoms with van der Waals surface area (Å²) in [7, 11) is 0. The van der Waals surface area contributed by atoms with Gasteiger partial charge in [0, 0.05) is 11.5 Å². The predicted molar refractivity (Wildman–Crippen MR) is 57.8 cm³/mol. The minimum atomic E-state index is 0. The maximum Gasteiger partial charge on any atom is 0.0624 e. The van der Waals surface area contributed by atoms with E-state index < -0.39 is 0 Å². The van der Waals surface area contributed by atoms with E-state index in [1.54, 1.807) is 0 Å². The van der Waals surface area contributed by atoms with Gasteiger partial charge in [0.2, 0.25) is 0 Å². The third kappa shape index (κ3) is 2.48. The molecule has 0 aromatic rings. The van der Waals surface area contributed by atoms with Crippen LogP contribution in [-0.4, -0.2) is 32.3 Å². The van der Waals surface area contributed by atoms with Crippen LogP contribution in [0.2, 0.25) is 0 Å². The maximum absolute atomic E-state index is 5.99. The van der Waals surface area contributed by atoms with Crippen molar-refractivity contribution >= 4 is 24.8 Å². The zero-order valence-corrected chi connectivity index (χ0v) is 9.26. The third-order valence-electron chi connectivity index (χ3n) is 3.07. The van der Waals surface area contributed by atoms with Gasteiger partial charge in [-0.25, -0.2) is 0 Å². The Morgan fingerprint density at radius 2 is 1.85 bits per heavy atom. The van der Waals surface area contributed by atoms with E-state index in [0.717, 1.165) is 26.3 Å². The smallest absolute Gasteiger partial charge is 0.0624 e. The van der Waals surface area contributed by atoms with E-state index in [0.29, 0.717) is 5.41 Å². The van der Waals surface area contributed by atoms with Gasteiger partial charge in [-0.2, -0.15) is 0 Å². The van der Waals surface area contributed by atoms with Crippen LogP contribution in [0.25, 0.3) is 0 Å². The van der Waals surface area contributed by atoms with Crippen LogP contribution in [0, 0.1) is 5.41 Å². The molecule has 3 N–H and O–H groups in total. The lowest BCUT2D eigenvalue weighted by molar-refractivity contribution is 0.126. The summed E-state index contributed by atoms with van der Waals surface area (Å²) in [5.41, 5.74) is 6.32. The average Bonchev–Trinajstić information content (AvgIpc) is 2.36. The van der Waals surface area contributed by atoms with Crippen LogP contribution < -0.4 is 11.1 Å². The van der Waals surface area contributed by atoms with Crippen LogP contribution in [0.4, 0.5) is 0 Å². The number of rotatable bonds is 0. The molecule has 2 fully saturated rings. The van der Waals surface area contributed by atoms with E-state index >= 15 is 0 Å². The highest BCUT2D eigenvalue weighted by Crippen LogP contribution is 2.36. The number of ether oxygens (including phenoxy) is 1. The Morgan fingerprint density at radius 1 is 1.23 bits per heavy atom. The predicted octanol–water partition coefficient (Wildman–Crippen LogP) is 0.557. The summed E-state index contributed by atoms with van der Waals surface area (Å²) in [5.74, 6) is 0. The minimum Gasteiger partial charge on any atom is -0.379 e. The first-order valence-electron chi connectivity index (χ1n) is 4.38. The van der Waals surface area contributed by atoms with Crippen molar-refractivity contribution in [2.75, 3.05) is 26.3 Å². The fourth-order valence-electron chi connectivity index (χ4n) is 2.11. The fraction of sp³-hybridized carbons (Fsp3) is 1.00. The number of hydrogen-bond acceptors (Lipinski definition) is 3. The summed E-state index contributed by atoms with van der Waals surface area (Å²) in [4.78, 5) is 0. The van der Waals surface area contributed by atoms with Crippen LogP contribution >= 0.6 is 24.8 Å². The van der Waals surface area contributed by atoms with E-state index in [-0.39, 0.29) is 30.9 Å². The summed E-state index contributed by atoms with van der Waals surface area (Å²) in [6.07, 6.45) is 2.38. The number of nitrogens with two attached hydrogens (primary N) is 1. The lowest BCUT2D eigenvalue weighted by Gasteiger charge is -2.35. The molecule has 3 nitrogen and oxygen atoms in total. The van der Waals surface area contributed by atoms with Gasteiger partial charge in [-0.3, -0.25) is 0 Å². The molecule has 0 saturated carbocycles. The lowest BCUT2D eigenvalue weighted by atomic mass is 9.75. The molecular weight excluding hydrogens is 211 g/mol. The van der Waals surface area contributed by atoms with Crippen molar-refractivity contribution in [1.29, 1.82) is 0 Å². The molecule has 2 heterocycles. The van der Waals surface area contributed by atoms with Gasteiger partial charge >= 0.3 is 0 Å². The number of halogens is 2. The highest BCUT2D eigenvalue weighted by atomic mass is 35.5. The molecule has 0 unspecified atom stereocenters. The van der Waals surface area contributed by atoms with Crippen LogP contribution in [0.5, 0.6) is 0 Å². The standard InChI is InChI=1S/C8H16N2O.2ClH/c9-7-5-11-6-8(7)1-3-10-4-2-8;;/h7,10H,1-6,9H2;2*1H/t7-;;/m0../s1. The molecule has 2 aliphatic rings. The van der Waals surface area contributed by atoms with Gasteiger partial charge in [0.25, 0.3) is 0 Å². The molecule has 0 amide bonds. The number of hydrogen-bond donors (Lipinski definition) is 2. The summed E-state index contributed by atoms with van der Waals surface area (Å²) >= 11 is 0. The van der Waals surface area contributed by atoms with E-state index in [9.17, 15) is 0 Å². The quantitative estimate of drug-likeness (QED) is 0.638. The van der Waals surface area contributed by atoms with E-state index in [1.807, 2.05) is 0 Å². The molecule has 1 spiro atoms. The van der Waals surface area contributed by atoms with Crippen LogP contribution in [-0.2, 0) is 4.74 Å². The Bertz CT molecular complexity index is 151. The van der Waals surface area contributed by atoms with Crippen molar-refractivity contribution in [2.45, 2.75) is 18.9 Å². The molecule has 0 aliphatic carbocycles. The van der Waals surface area contributed by atoms with Crippen LogP contribution in [0.1, 0.15) is 12.8 Å². The summed E-state index contributed by atoms with van der Waals surface area (Å²) in [5, 5.41) is 3.35. The molecule has 13 heavy (non-hydrogen) atoms. The zero-order valence-electron chi connectivity index (χ0n) is 7.62. The van der Waals surface area contributed by atoms with Gasteiger partial charge in [0.1, 0.15) is 0 Å². The molecule has 0 aromatic carbocycles. The number of nitrogens with one attached hydrogen (secondary N) is 1. The third-order valence-corrected chi connectivity index (χ3v) is 3.07. The van der Waals surface area contributed by atoms with Gasteiger partial charge in [-0.05, 0) is 25.9 Å². The van der Waals surface area contributed by atoms with Gasteiger partial charge < -0.3 is 15.8 Å². The van der Waals surface area contributed by atoms with Crippen LogP contribution in [0.15, 0.2) is 0 Å². The summed E-state index contributed by atoms with van der Waals surface area (Å²) in [6.45, 7) is 3.87. The Labute approximate surface area is 91.6 Å². The van der Waals surface area contributed by atoms with E-state index in [4.69, 9.17) is 10.5 Å². The Kier molecular flexibility index (Phi) is 5.56. The van der Waals surface area contributed by atoms with Crippen molar-refractivity contribution in [2.24, 2.45) is 11.1 Å².